The maximum Gasteiger partial charge on any atom is 0.303 e. The van der Waals surface area contributed by atoms with Crippen LogP contribution < -0.4 is 0 Å². The maximum atomic E-state index is 12.1. The maximum absolute atomic E-state index is 12.1. The van der Waals surface area contributed by atoms with Crippen LogP contribution in [0.5, 0.6) is 0 Å². The van der Waals surface area contributed by atoms with E-state index in [0.717, 1.165) is 25.7 Å². The van der Waals surface area contributed by atoms with Gasteiger partial charge in [0.05, 0.1) is 12.2 Å². The van der Waals surface area contributed by atoms with Crippen LogP contribution in [0.25, 0.3) is 0 Å². The number of rotatable bonds is 12. The Morgan fingerprint density at radius 3 is 2.72 bits per heavy atom. The van der Waals surface area contributed by atoms with Crippen LogP contribution >= 0.6 is 0 Å². The molecule has 0 unspecified atom stereocenters. The molecular formula is C20H32O5. The summed E-state index contributed by atoms with van der Waals surface area (Å²) in [5.41, 5.74) is 0.636. The minimum Gasteiger partial charge on any atom is -0.481 e. The minimum atomic E-state index is -0.798. The van der Waals surface area contributed by atoms with Gasteiger partial charge in [0.25, 0.3) is 0 Å². The predicted octanol–water partition coefficient (Wildman–Crippen LogP) is 3.40. The third kappa shape index (κ3) is 8.45. The molecular weight excluding hydrogens is 320 g/mol. The first-order valence-electron chi connectivity index (χ1n) is 9.41. The van der Waals surface area contributed by atoms with Gasteiger partial charge in [0.15, 0.2) is 5.78 Å². The van der Waals surface area contributed by atoms with E-state index in [4.69, 9.17) is 5.11 Å². The summed E-state index contributed by atoms with van der Waals surface area (Å²) < 4.78 is 0. The Morgan fingerprint density at radius 2 is 2.04 bits per heavy atom. The van der Waals surface area contributed by atoms with E-state index in [2.05, 4.69) is 6.92 Å². The molecule has 0 heterocycles. The summed E-state index contributed by atoms with van der Waals surface area (Å²) in [5, 5.41) is 28.7. The number of hydrogen-bond acceptors (Lipinski definition) is 4. The number of Topliss-reactive ketones (excluding diaryl/α,β-unsaturated/α-hetero) is 1. The number of ketones is 1. The number of unbranched alkanes of at least 4 members (excludes halogenated alkanes) is 3. The van der Waals surface area contributed by atoms with E-state index in [9.17, 15) is 19.8 Å². The molecule has 3 atom stereocenters. The number of carbonyl (C=O) groups excluding carboxylic acids is 1. The van der Waals surface area contributed by atoms with E-state index in [0.29, 0.717) is 31.3 Å². The van der Waals surface area contributed by atoms with Gasteiger partial charge in [0, 0.05) is 18.8 Å². The molecule has 142 valence electrons. The molecule has 1 fully saturated rings. The van der Waals surface area contributed by atoms with Gasteiger partial charge in [-0.1, -0.05) is 44.4 Å². The average Bonchev–Trinajstić information content (AvgIpc) is 2.82. The lowest BCUT2D eigenvalue weighted by molar-refractivity contribution is -0.137. The van der Waals surface area contributed by atoms with Crippen molar-refractivity contribution in [2.24, 2.45) is 5.92 Å². The van der Waals surface area contributed by atoms with Crippen LogP contribution in [0.15, 0.2) is 23.8 Å². The van der Waals surface area contributed by atoms with Crippen molar-refractivity contribution in [1.82, 2.24) is 0 Å². The van der Waals surface area contributed by atoms with Crippen molar-refractivity contribution in [3.05, 3.63) is 23.8 Å². The molecule has 5 nitrogen and oxygen atoms in total. The molecule has 3 N–H and O–H groups in total. The van der Waals surface area contributed by atoms with Gasteiger partial charge in [0.2, 0.25) is 0 Å². The molecule has 0 aromatic rings. The molecule has 1 aliphatic rings. The second-order valence-electron chi connectivity index (χ2n) is 6.84. The molecule has 1 saturated carbocycles. The lowest BCUT2D eigenvalue weighted by Crippen LogP contribution is -2.14. The molecule has 25 heavy (non-hydrogen) atoms. The number of aliphatic hydroxyl groups excluding tert-OH is 2. The Morgan fingerprint density at radius 1 is 1.28 bits per heavy atom. The van der Waals surface area contributed by atoms with Crippen LogP contribution in [0, 0.1) is 5.92 Å². The summed E-state index contributed by atoms with van der Waals surface area (Å²) >= 11 is 0. The van der Waals surface area contributed by atoms with E-state index >= 15 is 0 Å². The molecule has 0 spiro atoms. The van der Waals surface area contributed by atoms with Crippen LogP contribution in [-0.4, -0.2) is 39.3 Å². The summed E-state index contributed by atoms with van der Waals surface area (Å²) in [6.45, 7) is 2.12. The minimum absolute atomic E-state index is 0.0301. The van der Waals surface area contributed by atoms with Crippen LogP contribution in [-0.2, 0) is 9.59 Å². The number of hydrogen-bond donors (Lipinski definition) is 3. The number of carbonyl (C=O) groups is 2. The summed E-state index contributed by atoms with van der Waals surface area (Å²) in [6, 6.07) is 0. The highest BCUT2D eigenvalue weighted by atomic mass is 16.4. The van der Waals surface area contributed by atoms with E-state index in [1.165, 1.54) is 0 Å². The van der Waals surface area contributed by atoms with Crippen molar-refractivity contribution in [2.75, 3.05) is 0 Å². The third-order valence-corrected chi connectivity index (χ3v) is 4.65. The number of aliphatic hydroxyl groups is 2. The first-order valence-corrected chi connectivity index (χ1v) is 9.41. The van der Waals surface area contributed by atoms with E-state index in [1.54, 1.807) is 6.08 Å². The van der Waals surface area contributed by atoms with Crippen molar-refractivity contribution in [3.63, 3.8) is 0 Å². The topological polar surface area (TPSA) is 94.8 Å². The SMILES string of the molecule is CCCCC[C@H](O)C/C=C1/C(=O)C[C@@H](O)[C@H]1C/C=C\CCCC(=O)O. The molecule has 0 aliphatic heterocycles. The lowest BCUT2D eigenvalue weighted by atomic mass is 9.94. The van der Waals surface area contributed by atoms with Gasteiger partial charge < -0.3 is 15.3 Å². The largest absolute Gasteiger partial charge is 0.481 e. The Balaban J connectivity index is 2.49. The van der Waals surface area contributed by atoms with Gasteiger partial charge in [-0.3, -0.25) is 9.59 Å². The molecule has 0 aromatic carbocycles. The monoisotopic (exact) mass is 352 g/mol. The van der Waals surface area contributed by atoms with Gasteiger partial charge in [-0.15, -0.1) is 0 Å². The first kappa shape index (κ1) is 21.6. The zero-order valence-corrected chi connectivity index (χ0v) is 15.2. The summed E-state index contributed by atoms with van der Waals surface area (Å²) in [7, 11) is 0. The Labute approximate surface area is 150 Å². The molecule has 5 heteroatoms. The van der Waals surface area contributed by atoms with E-state index in [-0.39, 0.29) is 24.5 Å². The summed E-state index contributed by atoms with van der Waals surface area (Å²) in [4.78, 5) is 22.5. The third-order valence-electron chi connectivity index (χ3n) is 4.65. The average molecular weight is 352 g/mol. The fraction of sp³-hybridized carbons (Fsp3) is 0.700. The molecule has 1 aliphatic carbocycles. The standard InChI is InChI=1S/C20H32O5/c1-2-3-6-9-15(21)12-13-17-16(18(22)14-19(17)23)10-7-4-5-8-11-20(24)25/h4,7,13,15-16,18,21-22H,2-3,5-6,8-12,14H2,1H3,(H,24,25)/b7-4-,17-13+/t15-,16-,18+/m0/s1. The van der Waals surface area contributed by atoms with Gasteiger partial charge in [0.1, 0.15) is 0 Å². The van der Waals surface area contributed by atoms with Crippen LogP contribution in [0.2, 0.25) is 0 Å². The van der Waals surface area contributed by atoms with E-state index in [1.807, 2.05) is 12.2 Å². The number of aliphatic carboxylic acids is 1. The fourth-order valence-electron chi connectivity index (χ4n) is 3.16. The lowest BCUT2D eigenvalue weighted by Gasteiger charge is -2.14. The number of carboxylic acids is 1. The highest BCUT2D eigenvalue weighted by Gasteiger charge is 2.35. The quantitative estimate of drug-likeness (QED) is 0.284. The van der Waals surface area contributed by atoms with Gasteiger partial charge in [-0.25, -0.2) is 0 Å². The normalized spacial score (nSPS) is 23.6. The Bertz CT molecular complexity index is 480. The zero-order valence-electron chi connectivity index (χ0n) is 15.2. The molecule has 0 amide bonds. The molecule has 0 aromatic heterocycles. The van der Waals surface area contributed by atoms with Crippen molar-refractivity contribution in [1.29, 1.82) is 0 Å². The van der Waals surface area contributed by atoms with E-state index < -0.39 is 18.2 Å². The van der Waals surface area contributed by atoms with Crippen molar-refractivity contribution >= 4 is 11.8 Å². The summed E-state index contributed by atoms with van der Waals surface area (Å²) in [6.07, 6.45) is 11.1. The smallest absolute Gasteiger partial charge is 0.303 e. The second-order valence-corrected chi connectivity index (χ2v) is 6.84. The first-order chi connectivity index (χ1) is 12.0. The fourth-order valence-corrected chi connectivity index (χ4v) is 3.16. The highest BCUT2D eigenvalue weighted by Crippen LogP contribution is 2.32. The van der Waals surface area contributed by atoms with Gasteiger partial charge >= 0.3 is 5.97 Å². The van der Waals surface area contributed by atoms with Gasteiger partial charge in [-0.05, 0) is 37.7 Å². The van der Waals surface area contributed by atoms with Crippen molar-refractivity contribution in [3.8, 4) is 0 Å². The number of allylic oxidation sites excluding steroid dienone is 2. The van der Waals surface area contributed by atoms with Crippen molar-refractivity contribution in [2.45, 2.75) is 83.3 Å². The predicted molar refractivity (Wildman–Crippen MR) is 97.2 cm³/mol. The molecule has 0 bridgehead atoms. The molecule has 1 rings (SSSR count). The second kappa shape index (κ2) is 12.0. The van der Waals surface area contributed by atoms with Gasteiger partial charge in [-0.2, -0.15) is 0 Å². The number of carboxylic acid groups (broad SMARTS) is 1. The Kier molecular flexibility index (Phi) is 10.3. The van der Waals surface area contributed by atoms with Crippen LogP contribution in [0.3, 0.4) is 0 Å². The van der Waals surface area contributed by atoms with Crippen LogP contribution in [0.4, 0.5) is 0 Å². The van der Waals surface area contributed by atoms with Crippen molar-refractivity contribution < 1.29 is 24.9 Å². The molecule has 0 radical (unpaired) electrons. The summed E-state index contributed by atoms with van der Waals surface area (Å²) in [5.74, 6) is -1.04. The zero-order chi connectivity index (χ0) is 18.7. The Hall–Kier alpha value is -1.46. The molecule has 0 saturated heterocycles. The highest BCUT2D eigenvalue weighted by molar-refractivity contribution is 5.98. The van der Waals surface area contributed by atoms with Crippen LogP contribution in [0.1, 0.15) is 71.1 Å².